The lowest BCUT2D eigenvalue weighted by atomic mass is 10.2. The minimum atomic E-state index is -1.02. The van der Waals surface area contributed by atoms with Crippen molar-refractivity contribution >= 4 is 0 Å². The zero-order valence-corrected chi connectivity index (χ0v) is 4.23. The number of aliphatic hydroxyl groups excluding tert-OH is 3. The minimum absolute atomic E-state index is 0.884. The molecule has 0 saturated carbocycles. The smallest absolute Gasteiger partial charge is 0.113 e. The Labute approximate surface area is 46.9 Å². The third kappa shape index (κ3) is 0.753. The lowest BCUT2D eigenvalue weighted by molar-refractivity contribution is -0.00758. The summed E-state index contributed by atoms with van der Waals surface area (Å²) in [5.41, 5.74) is 0. The summed E-state index contributed by atoms with van der Waals surface area (Å²) >= 11 is 0. The summed E-state index contributed by atoms with van der Waals surface area (Å²) in [6.45, 7) is 0. The summed E-state index contributed by atoms with van der Waals surface area (Å²) < 4.78 is 0. The van der Waals surface area contributed by atoms with Crippen LogP contribution in [0.1, 0.15) is 0 Å². The molecule has 0 fully saturated rings. The van der Waals surface area contributed by atoms with Gasteiger partial charge in [0, 0.05) is 0 Å². The zero-order chi connectivity index (χ0) is 6.15. The maximum atomic E-state index is 8.70. The van der Waals surface area contributed by atoms with E-state index in [-0.39, 0.29) is 0 Å². The van der Waals surface area contributed by atoms with Gasteiger partial charge in [0.05, 0.1) is 0 Å². The summed E-state index contributed by atoms with van der Waals surface area (Å²) in [5, 5.41) is 26.0. The van der Waals surface area contributed by atoms with Gasteiger partial charge in [-0.2, -0.15) is 0 Å². The average molecular weight is 116 g/mol. The summed E-state index contributed by atoms with van der Waals surface area (Å²) in [7, 11) is 0. The lowest BCUT2D eigenvalue weighted by Gasteiger charge is -2.09. The predicted molar refractivity (Wildman–Crippen MR) is 27.2 cm³/mol. The third-order valence-corrected chi connectivity index (χ3v) is 1.21. The van der Waals surface area contributed by atoms with E-state index >= 15 is 0 Å². The Morgan fingerprint density at radius 3 is 1.38 bits per heavy atom. The van der Waals surface area contributed by atoms with Crippen LogP contribution in [0.4, 0.5) is 0 Å². The molecule has 0 radical (unpaired) electrons. The van der Waals surface area contributed by atoms with E-state index in [0.717, 1.165) is 0 Å². The number of hydrogen-bond acceptors (Lipinski definition) is 3. The fourth-order valence-electron chi connectivity index (χ4n) is 0.657. The Morgan fingerprint density at radius 2 is 1.25 bits per heavy atom. The van der Waals surface area contributed by atoms with Crippen molar-refractivity contribution in [2.45, 2.75) is 18.3 Å². The van der Waals surface area contributed by atoms with Gasteiger partial charge in [0.25, 0.3) is 0 Å². The SMILES string of the molecule is OC1[C@H](O)C=C[C@H]1O. The molecule has 0 bridgehead atoms. The van der Waals surface area contributed by atoms with Crippen LogP contribution >= 0.6 is 0 Å². The monoisotopic (exact) mass is 116 g/mol. The number of hydrogen-bond donors (Lipinski definition) is 3. The fraction of sp³-hybridized carbons (Fsp3) is 0.600. The molecule has 2 atom stereocenters. The molecule has 0 aromatic carbocycles. The van der Waals surface area contributed by atoms with Crippen molar-refractivity contribution in [2.24, 2.45) is 0 Å². The fourth-order valence-corrected chi connectivity index (χ4v) is 0.657. The van der Waals surface area contributed by atoms with Gasteiger partial charge in [0.15, 0.2) is 0 Å². The van der Waals surface area contributed by atoms with Crippen molar-refractivity contribution in [1.82, 2.24) is 0 Å². The van der Waals surface area contributed by atoms with Gasteiger partial charge in [0.2, 0.25) is 0 Å². The van der Waals surface area contributed by atoms with Gasteiger partial charge in [-0.15, -0.1) is 0 Å². The molecule has 1 aliphatic carbocycles. The lowest BCUT2D eigenvalue weighted by Crippen LogP contribution is -2.29. The summed E-state index contributed by atoms with van der Waals surface area (Å²) in [6.07, 6.45) is -0.0463. The molecule has 8 heavy (non-hydrogen) atoms. The van der Waals surface area contributed by atoms with Gasteiger partial charge in [-0.1, -0.05) is 12.2 Å². The summed E-state index contributed by atoms with van der Waals surface area (Å²) in [6, 6.07) is 0. The highest BCUT2D eigenvalue weighted by atomic mass is 16.4. The van der Waals surface area contributed by atoms with E-state index in [4.69, 9.17) is 15.3 Å². The largest absolute Gasteiger partial charge is 0.387 e. The maximum absolute atomic E-state index is 8.70. The normalized spacial score (nSPS) is 38.9. The van der Waals surface area contributed by atoms with Crippen LogP contribution in [0.5, 0.6) is 0 Å². The molecule has 0 amide bonds. The molecular weight excluding hydrogens is 108 g/mol. The van der Waals surface area contributed by atoms with Crippen molar-refractivity contribution in [3.05, 3.63) is 12.2 Å². The average Bonchev–Trinajstić information content (AvgIpc) is 1.98. The van der Waals surface area contributed by atoms with E-state index in [9.17, 15) is 0 Å². The molecule has 0 saturated heterocycles. The van der Waals surface area contributed by atoms with E-state index < -0.39 is 18.3 Å². The van der Waals surface area contributed by atoms with Gasteiger partial charge in [-0.3, -0.25) is 0 Å². The molecule has 3 N–H and O–H groups in total. The van der Waals surface area contributed by atoms with E-state index in [1.165, 1.54) is 12.2 Å². The summed E-state index contributed by atoms with van der Waals surface area (Å²) in [4.78, 5) is 0. The van der Waals surface area contributed by atoms with Crippen LogP contribution in [-0.4, -0.2) is 33.6 Å². The molecule has 3 heteroatoms. The maximum Gasteiger partial charge on any atom is 0.113 e. The molecule has 0 heterocycles. The topological polar surface area (TPSA) is 60.7 Å². The molecule has 0 aromatic heterocycles. The van der Waals surface area contributed by atoms with Crippen LogP contribution in [0, 0.1) is 0 Å². The number of aliphatic hydroxyl groups is 3. The Hall–Kier alpha value is -0.380. The molecule has 0 spiro atoms. The highest BCUT2D eigenvalue weighted by Gasteiger charge is 2.25. The van der Waals surface area contributed by atoms with Crippen LogP contribution in [0.15, 0.2) is 12.2 Å². The molecule has 0 aromatic rings. The zero-order valence-electron chi connectivity index (χ0n) is 4.23. The quantitative estimate of drug-likeness (QED) is 0.342. The van der Waals surface area contributed by atoms with Gasteiger partial charge < -0.3 is 15.3 Å². The van der Waals surface area contributed by atoms with Crippen molar-refractivity contribution in [3.63, 3.8) is 0 Å². The van der Waals surface area contributed by atoms with Crippen molar-refractivity contribution in [3.8, 4) is 0 Å². The standard InChI is InChI=1S/C5H8O3/c6-3-1-2-4(7)5(3)8/h1-8H/t3-,4-/m1/s1. The van der Waals surface area contributed by atoms with Crippen molar-refractivity contribution in [2.75, 3.05) is 0 Å². The molecular formula is C5H8O3. The molecule has 3 nitrogen and oxygen atoms in total. The second-order valence-corrected chi connectivity index (χ2v) is 1.86. The van der Waals surface area contributed by atoms with Crippen LogP contribution in [0.3, 0.4) is 0 Å². The van der Waals surface area contributed by atoms with E-state index in [2.05, 4.69) is 0 Å². The predicted octanol–water partition coefficient (Wildman–Crippen LogP) is -1.36. The Balaban J connectivity index is 2.55. The highest BCUT2D eigenvalue weighted by Crippen LogP contribution is 2.10. The van der Waals surface area contributed by atoms with Crippen LogP contribution in [0.2, 0.25) is 0 Å². The van der Waals surface area contributed by atoms with E-state index in [0.29, 0.717) is 0 Å². The van der Waals surface area contributed by atoms with Crippen LogP contribution in [-0.2, 0) is 0 Å². The van der Waals surface area contributed by atoms with Gasteiger partial charge >= 0.3 is 0 Å². The van der Waals surface area contributed by atoms with Gasteiger partial charge in [-0.05, 0) is 0 Å². The molecule has 0 aliphatic heterocycles. The first-order chi connectivity index (χ1) is 3.72. The minimum Gasteiger partial charge on any atom is -0.387 e. The summed E-state index contributed by atoms with van der Waals surface area (Å²) in [5.74, 6) is 0. The molecule has 46 valence electrons. The second-order valence-electron chi connectivity index (χ2n) is 1.86. The first-order valence-electron chi connectivity index (χ1n) is 2.44. The van der Waals surface area contributed by atoms with Gasteiger partial charge in [-0.25, -0.2) is 0 Å². The van der Waals surface area contributed by atoms with Gasteiger partial charge in [0.1, 0.15) is 18.3 Å². The molecule has 1 rings (SSSR count). The van der Waals surface area contributed by atoms with E-state index in [1.54, 1.807) is 0 Å². The molecule has 1 aliphatic rings. The van der Waals surface area contributed by atoms with Crippen molar-refractivity contribution in [1.29, 1.82) is 0 Å². The second kappa shape index (κ2) is 1.85. The Bertz CT molecular complexity index is 98.2. The van der Waals surface area contributed by atoms with E-state index in [1.807, 2.05) is 0 Å². The van der Waals surface area contributed by atoms with Crippen LogP contribution < -0.4 is 0 Å². The third-order valence-electron chi connectivity index (χ3n) is 1.21. The Morgan fingerprint density at radius 1 is 0.875 bits per heavy atom. The molecule has 0 unspecified atom stereocenters. The van der Waals surface area contributed by atoms with Crippen LogP contribution in [0.25, 0.3) is 0 Å². The first-order valence-corrected chi connectivity index (χ1v) is 2.44. The van der Waals surface area contributed by atoms with Crippen molar-refractivity contribution < 1.29 is 15.3 Å². The highest BCUT2D eigenvalue weighted by molar-refractivity contribution is 5.08. The first kappa shape index (κ1) is 5.75. The number of rotatable bonds is 0. The Kier molecular flexibility index (Phi) is 1.33.